The summed E-state index contributed by atoms with van der Waals surface area (Å²) in [5.41, 5.74) is 2.58. The van der Waals surface area contributed by atoms with Gasteiger partial charge in [-0.05, 0) is 49.6 Å². The molecule has 2 fully saturated rings. The van der Waals surface area contributed by atoms with Crippen LogP contribution in [0.25, 0.3) is 0 Å². The lowest BCUT2D eigenvalue weighted by Gasteiger charge is -2.46. The van der Waals surface area contributed by atoms with Gasteiger partial charge in [-0.15, -0.1) is 11.8 Å². The molecular formula is C30H33N3O7S. The van der Waals surface area contributed by atoms with Gasteiger partial charge in [-0.3, -0.25) is 14.5 Å². The summed E-state index contributed by atoms with van der Waals surface area (Å²) in [6.45, 7) is 6.46. The number of aliphatic carboxylic acids is 1. The van der Waals surface area contributed by atoms with E-state index < -0.39 is 36.0 Å². The van der Waals surface area contributed by atoms with Crippen LogP contribution in [0.1, 0.15) is 41.8 Å². The summed E-state index contributed by atoms with van der Waals surface area (Å²) in [7, 11) is 0. The maximum atomic E-state index is 13.6. The number of aryl methyl sites for hydroxylation is 1. The van der Waals surface area contributed by atoms with Crippen molar-refractivity contribution in [2.24, 2.45) is 11.8 Å². The quantitative estimate of drug-likeness (QED) is 0.329. The highest BCUT2D eigenvalue weighted by Crippen LogP contribution is 2.52. The molecular weight excluding hydrogens is 546 g/mol. The molecule has 11 heteroatoms. The van der Waals surface area contributed by atoms with Crippen molar-refractivity contribution in [1.29, 1.82) is 0 Å². The smallest absolute Gasteiger partial charge is 0.353 e. The number of rotatable bonds is 9. The van der Waals surface area contributed by atoms with Gasteiger partial charge >= 0.3 is 11.9 Å². The van der Waals surface area contributed by atoms with Gasteiger partial charge < -0.3 is 25.5 Å². The molecule has 2 aromatic rings. The number of fused-ring (bicyclic) bond motifs is 1. The lowest BCUT2D eigenvalue weighted by molar-refractivity contribution is -0.163. The Labute approximate surface area is 242 Å². The number of carbonyl (C=O) groups excluding carboxylic acids is 2. The fourth-order valence-electron chi connectivity index (χ4n) is 6.21. The molecule has 216 valence electrons. The molecule has 6 atom stereocenters. The van der Waals surface area contributed by atoms with Crippen LogP contribution >= 0.6 is 11.8 Å². The number of hydrogen-bond donors (Lipinski definition) is 4. The van der Waals surface area contributed by atoms with Crippen LogP contribution in [0.2, 0.25) is 0 Å². The Hall–Kier alpha value is -3.67. The molecule has 0 unspecified atom stereocenters. The number of aromatic carboxylic acids is 1. The molecule has 2 saturated heterocycles. The van der Waals surface area contributed by atoms with E-state index in [0.29, 0.717) is 30.1 Å². The molecule has 3 heterocycles. The number of β-lactam (4-membered cyclic amide) rings is 1. The lowest BCUT2D eigenvalue weighted by Crippen LogP contribution is -2.63. The van der Waals surface area contributed by atoms with Gasteiger partial charge in [0.15, 0.2) is 0 Å². The summed E-state index contributed by atoms with van der Waals surface area (Å²) in [6, 6.07) is 13.1. The number of benzene rings is 2. The van der Waals surface area contributed by atoms with Crippen LogP contribution in [0.4, 0.5) is 5.69 Å². The van der Waals surface area contributed by atoms with Gasteiger partial charge in [-0.25, -0.2) is 9.59 Å². The van der Waals surface area contributed by atoms with Crippen molar-refractivity contribution in [3.8, 4) is 0 Å². The molecule has 2 amide bonds. The normalized spacial score (nSPS) is 26.5. The SMILES string of the molecule is Cc1ccccc1CN1C[C@@H](SC2=C(C(=O)O)N3C(=O)[C@H]([C@@H](C)O)[C@H]3[C@H]2C)C[C@H]1C(=O)Nc1cccc(C(=O)O)c1. The number of nitrogens with one attached hydrogen (secondary N) is 1. The van der Waals surface area contributed by atoms with E-state index in [1.165, 1.54) is 28.8 Å². The fourth-order valence-corrected chi connectivity index (χ4v) is 7.77. The topological polar surface area (TPSA) is 147 Å². The van der Waals surface area contributed by atoms with Crippen molar-refractivity contribution < 1.29 is 34.5 Å². The predicted octanol–water partition coefficient (Wildman–Crippen LogP) is 3.16. The maximum absolute atomic E-state index is 13.6. The number of amides is 2. The third-order valence-corrected chi connectivity index (χ3v) is 9.78. The molecule has 0 saturated carbocycles. The first-order valence-corrected chi connectivity index (χ1v) is 14.4. The van der Waals surface area contributed by atoms with E-state index in [2.05, 4.69) is 10.2 Å². The van der Waals surface area contributed by atoms with Crippen molar-refractivity contribution in [2.45, 2.75) is 57.2 Å². The van der Waals surface area contributed by atoms with Crippen LogP contribution in [-0.2, 0) is 20.9 Å². The van der Waals surface area contributed by atoms with Crippen molar-refractivity contribution >= 4 is 41.2 Å². The minimum absolute atomic E-state index is 0.0294. The molecule has 0 radical (unpaired) electrons. The highest BCUT2D eigenvalue weighted by molar-refractivity contribution is 8.03. The molecule has 0 aromatic heterocycles. The van der Waals surface area contributed by atoms with Crippen molar-refractivity contribution in [3.63, 3.8) is 0 Å². The molecule has 10 nitrogen and oxygen atoms in total. The molecule has 0 aliphatic carbocycles. The Kier molecular flexibility index (Phi) is 7.95. The van der Waals surface area contributed by atoms with Gasteiger partial charge in [0.2, 0.25) is 11.8 Å². The summed E-state index contributed by atoms with van der Waals surface area (Å²) in [5, 5.41) is 32.3. The number of aliphatic hydroxyl groups is 1. The third kappa shape index (κ3) is 5.37. The monoisotopic (exact) mass is 579 g/mol. The average Bonchev–Trinajstić information content (AvgIpc) is 3.42. The molecule has 41 heavy (non-hydrogen) atoms. The number of carbonyl (C=O) groups is 4. The van der Waals surface area contributed by atoms with E-state index in [0.717, 1.165) is 11.1 Å². The fraction of sp³-hybridized carbons (Fsp3) is 0.400. The second-order valence-corrected chi connectivity index (χ2v) is 12.3. The Morgan fingerprint density at radius 2 is 1.83 bits per heavy atom. The molecule has 4 N–H and O–H groups in total. The van der Waals surface area contributed by atoms with Crippen molar-refractivity contribution in [1.82, 2.24) is 9.80 Å². The zero-order valence-corrected chi connectivity index (χ0v) is 23.8. The van der Waals surface area contributed by atoms with Crippen molar-refractivity contribution in [2.75, 3.05) is 11.9 Å². The number of carboxylic acids is 2. The number of aliphatic hydroxyl groups excluding tert-OH is 1. The number of anilines is 1. The van der Waals surface area contributed by atoms with E-state index in [4.69, 9.17) is 0 Å². The molecule has 0 bridgehead atoms. The van der Waals surface area contributed by atoms with Crippen LogP contribution in [0, 0.1) is 18.8 Å². The minimum atomic E-state index is -1.18. The summed E-state index contributed by atoms with van der Waals surface area (Å²) in [4.78, 5) is 54.0. The van der Waals surface area contributed by atoms with Crippen LogP contribution in [-0.4, -0.2) is 78.9 Å². The summed E-state index contributed by atoms with van der Waals surface area (Å²) in [6.07, 6.45) is -0.447. The van der Waals surface area contributed by atoms with Gasteiger partial charge in [0.05, 0.1) is 29.7 Å². The van der Waals surface area contributed by atoms with E-state index in [9.17, 15) is 34.5 Å². The average molecular weight is 580 g/mol. The van der Waals surface area contributed by atoms with Crippen LogP contribution < -0.4 is 5.32 Å². The number of carboxylic acid groups (broad SMARTS) is 2. The first-order chi connectivity index (χ1) is 19.5. The molecule has 2 aromatic carbocycles. The minimum Gasteiger partial charge on any atom is -0.478 e. The first kappa shape index (κ1) is 28.8. The van der Waals surface area contributed by atoms with E-state index in [1.807, 2.05) is 38.1 Å². The van der Waals surface area contributed by atoms with Gasteiger partial charge in [0.25, 0.3) is 0 Å². The maximum Gasteiger partial charge on any atom is 0.353 e. The van der Waals surface area contributed by atoms with Crippen LogP contribution in [0.15, 0.2) is 59.1 Å². The van der Waals surface area contributed by atoms with Gasteiger partial charge in [0.1, 0.15) is 5.70 Å². The Bertz CT molecular complexity index is 1440. The zero-order chi connectivity index (χ0) is 29.6. The van der Waals surface area contributed by atoms with Crippen LogP contribution in [0.5, 0.6) is 0 Å². The number of nitrogens with zero attached hydrogens (tertiary/aromatic N) is 2. The van der Waals surface area contributed by atoms with E-state index >= 15 is 0 Å². The Morgan fingerprint density at radius 3 is 2.49 bits per heavy atom. The van der Waals surface area contributed by atoms with Crippen LogP contribution in [0.3, 0.4) is 0 Å². The lowest BCUT2D eigenvalue weighted by atomic mass is 9.79. The Balaban J connectivity index is 1.40. The third-order valence-electron chi connectivity index (χ3n) is 8.28. The molecule has 3 aliphatic heterocycles. The molecule has 0 spiro atoms. The summed E-state index contributed by atoms with van der Waals surface area (Å²) in [5.74, 6) is -3.82. The zero-order valence-electron chi connectivity index (χ0n) is 23.0. The standard InChI is InChI=1S/C30H33N3O7S/c1-15-7-4-5-8-19(15)13-32-14-21(12-22(32)27(35)31-20-10-6-9-18(11-20)29(37)38)41-26-16(2)24-23(17(3)34)28(36)33(24)25(26)30(39)40/h4-11,16-17,21-24,34H,12-14H2,1-3H3,(H,31,35)(H,37,38)(H,39,40)/t16-,17-,21+,22+,23-,24-/m1/s1. The largest absolute Gasteiger partial charge is 0.478 e. The predicted molar refractivity (Wildman–Crippen MR) is 153 cm³/mol. The first-order valence-electron chi connectivity index (χ1n) is 13.6. The second-order valence-electron chi connectivity index (χ2n) is 11.0. The van der Waals surface area contributed by atoms with Crippen molar-refractivity contribution in [3.05, 3.63) is 75.8 Å². The highest BCUT2D eigenvalue weighted by atomic mass is 32.2. The molecule has 3 aliphatic rings. The summed E-state index contributed by atoms with van der Waals surface area (Å²) >= 11 is 1.40. The highest BCUT2D eigenvalue weighted by Gasteiger charge is 2.60. The Morgan fingerprint density at radius 1 is 1.10 bits per heavy atom. The van der Waals surface area contributed by atoms with Gasteiger partial charge in [-0.1, -0.05) is 37.3 Å². The van der Waals surface area contributed by atoms with Gasteiger partial charge in [0, 0.05) is 34.8 Å². The number of likely N-dealkylation sites (tertiary alicyclic amines) is 1. The van der Waals surface area contributed by atoms with E-state index in [-0.39, 0.29) is 34.2 Å². The summed E-state index contributed by atoms with van der Waals surface area (Å²) < 4.78 is 0. The number of thioether (sulfide) groups is 1. The molecule has 5 rings (SSSR count). The van der Waals surface area contributed by atoms with Gasteiger partial charge in [-0.2, -0.15) is 0 Å². The second kappa shape index (κ2) is 11.3. The number of hydrogen-bond acceptors (Lipinski definition) is 7. The van der Waals surface area contributed by atoms with E-state index in [1.54, 1.807) is 19.1 Å².